The highest BCUT2D eigenvalue weighted by Gasteiger charge is 2.02. The molecule has 2 nitrogen and oxygen atoms in total. The summed E-state index contributed by atoms with van der Waals surface area (Å²) in [5.41, 5.74) is 0.207. The van der Waals surface area contributed by atoms with Gasteiger partial charge < -0.3 is 5.11 Å². The molecule has 2 aromatic rings. The second-order valence-corrected chi connectivity index (χ2v) is 2.78. The molecule has 0 spiro atoms. The molecule has 0 aliphatic heterocycles. The first-order valence-corrected chi connectivity index (χ1v) is 3.91. The fourth-order valence-electron chi connectivity index (χ4n) is 1.25. The van der Waals surface area contributed by atoms with Gasteiger partial charge in [0.25, 0.3) is 0 Å². The van der Waals surface area contributed by atoms with Crippen molar-refractivity contribution in [1.29, 1.82) is 0 Å². The van der Waals surface area contributed by atoms with Crippen LogP contribution >= 0.6 is 0 Å². The molecule has 0 amide bonds. The first kappa shape index (κ1) is 7.80. The van der Waals surface area contributed by atoms with Crippen molar-refractivity contribution in [3.05, 3.63) is 48.0 Å². The lowest BCUT2D eigenvalue weighted by Crippen LogP contribution is -1.95. The van der Waals surface area contributed by atoms with Gasteiger partial charge in [0.05, 0.1) is 5.56 Å². The number of aromatic carboxylic acids is 1. The van der Waals surface area contributed by atoms with Crippen LogP contribution in [0, 0.1) is 6.07 Å². The molecule has 0 unspecified atom stereocenters. The van der Waals surface area contributed by atoms with Crippen LogP contribution < -0.4 is 0 Å². The van der Waals surface area contributed by atoms with Gasteiger partial charge in [-0.05, 0) is 29.0 Å². The molecule has 0 saturated heterocycles. The van der Waals surface area contributed by atoms with Crippen LogP contribution in [0.5, 0.6) is 0 Å². The Labute approximate surface area is 75.4 Å². The highest BCUT2D eigenvalue weighted by Crippen LogP contribution is 2.14. The minimum Gasteiger partial charge on any atom is -0.478 e. The van der Waals surface area contributed by atoms with Gasteiger partial charge in [0.1, 0.15) is 0 Å². The monoisotopic (exact) mass is 171 g/mol. The van der Waals surface area contributed by atoms with E-state index in [-0.39, 0.29) is 5.56 Å². The van der Waals surface area contributed by atoms with E-state index in [0.29, 0.717) is 0 Å². The van der Waals surface area contributed by atoms with Crippen molar-refractivity contribution in [3.8, 4) is 0 Å². The first-order valence-electron chi connectivity index (χ1n) is 3.91. The number of hydrogen-bond donors (Lipinski definition) is 1. The normalized spacial score (nSPS) is 10.2. The van der Waals surface area contributed by atoms with E-state index in [9.17, 15) is 4.79 Å². The second kappa shape index (κ2) is 2.90. The number of hydrogen-bond acceptors (Lipinski definition) is 1. The maximum atomic E-state index is 10.6. The molecular weight excluding hydrogens is 164 g/mol. The van der Waals surface area contributed by atoms with E-state index < -0.39 is 5.97 Å². The molecule has 0 fully saturated rings. The summed E-state index contributed by atoms with van der Waals surface area (Å²) in [6, 6.07) is 13.6. The van der Waals surface area contributed by atoms with Crippen LogP contribution in [0.2, 0.25) is 0 Å². The lowest BCUT2D eigenvalue weighted by Gasteiger charge is -1.97. The lowest BCUT2D eigenvalue weighted by molar-refractivity contribution is 0.0696. The second-order valence-electron chi connectivity index (χ2n) is 2.78. The van der Waals surface area contributed by atoms with Crippen LogP contribution in [0.25, 0.3) is 10.8 Å². The largest absolute Gasteiger partial charge is 0.478 e. The van der Waals surface area contributed by atoms with Crippen molar-refractivity contribution in [2.24, 2.45) is 0 Å². The smallest absolute Gasteiger partial charge is 0.336 e. The molecule has 2 aromatic carbocycles. The maximum absolute atomic E-state index is 10.6. The molecule has 0 aliphatic rings. The molecule has 0 aromatic heterocycles. The molecule has 2 heteroatoms. The van der Waals surface area contributed by atoms with Crippen LogP contribution in [-0.4, -0.2) is 11.1 Å². The van der Waals surface area contributed by atoms with Crippen LogP contribution in [0.1, 0.15) is 10.4 Å². The summed E-state index contributed by atoms with van der Waals surface area (Å²) in [7, 11) is 0. The van der Waals surface area contributed by atoms with Crippen molar-refractivity contribution in [2.75, 3.05) is 0 Å². The highest BCUT2D eigenvalue weighted by molar-refractivity contribution is 5.93. The lowest BCUT2D eigenvalue weighted by atomic mass is 10.1. The molecule has 0 aliphatic carbocycles. The molecule has 1 N–H and O–H groups in total. The molecule has 0 heterocycles. The Morgan fingerprint density at radius 3 is 2.62 bits per heavy atom. The molecule has 0 atom stereocenters. The van der Waals surface area contributed by atoms with E-state index in [1.165, 1.54) is 0 Å². The summed E-state index contributed by atoms with van der Waals surface area (Å²) in [6.07, 6.45) is 0. The van der Waals surface area contributed by atoms with Crippen LogP contribution in [-0.2, 0) is 0 Å². The Morgan fingerprint density at radius 2 is 1.92 bits per heavy atom. The number of fused-ring (bicyclic) bond motifs is 1. The molecule has 2 rings (SSSR count). The topological polar surface area (TPSA) is 37.3 Å². The number of rotatable bonds is 1. The van der Waals surface area contributed by atoms with E-state index in [1.807, 2.05) is 24.3 Å². The summed E-state index contributed by atoms with van der Waals surface area (Å²) < 4.78 is 0. The van der Waals surface area contributed by atoms with Gasteiger partial charge in [-0.1, -0.05) is 24.3 Å². The minimum atomic E-state index is -0.939. The van der Waals surface area contributed by atoms with Crippen molar-refractivity contribution in [2.45, 2.75) is 0 Å². The molecule has 13 heavy (non-hydrogen) atoms. The van der Waals surface area contributed by atoms with E-state index in [1.54, 1.807) is 12.1 Å². The first-order chi connectivity index (χ1) is 6.27. The van der Waals surface area contributed by atoms with Crippen LogP contribution in [0.4, 0.5) is 0 Å². The Morgan fingerprint density at radius 1 is 1.23 bits per heavy atom. The van der Waals surface area contributed by atoms with E-state index in [4.69, 9.17) is 5.11 Å². The fraction of sp³-hybridized carbons (Fsp3) is 0. The van der Waals surface area contributed by atoms with Gasteiger partial charge in [0.2, 0.25) is 0 Å². The number of benzene rings is 2. The Kier molecular flexibility index (Phi) is 1.74. The van der Waals surface area contributed by atoms with Gasteiger partial charge in [-0.2, -0.15) is 0 Å². The SMILES string of the molecule is O=C(O)c1[c]cc2ccccc2c1. The zero-order valence-electron chi connectivity index (χ0n) is 6.82. The van der Waals surface area contributed by atoms with E-state index in [2.05, 4.69) is 6.07 Å². The Balaban J connectivity index is 2.69. The fourth-order valence-corrected chi connectivity index (χ4v) is 1.25. The predicted molar refractivity (Wildman–Crippen MR) is 49.7 cm³/mol. The number of carboxylic acid groups (broad SMARTS) is 1. The van der Waals surface area contributed by atoms with Gasteiger partial charge in [-0.25, -0.2) is 4.79 Å². The van der Waals surface area contributed by atoms with Gasteiger partial charge in [0.15, 0.2) is 0 Å². The summed E-state index contributed by atoms with van der Waals surface area (Å²) in [6.45, 7) is 0. The molecule has 0 saturated carbocycles. The molecule has 1 radical (unpaired) electrons. The number of carboxylic acids is 1. The van der Waals surface area contributed by atoms with E-state index in [0.717, 1.165) is 10.8 Å². The third-order valence-corrected chi connectivity index (χ3v) is 1.91. The summed E-state index contributed by atoms with van der Waals surface area (Å²) in [4.78, 5) is 10.6. The molecule has 0 bridgehead atoms. The van der Waals surface area contributed by atoms with Crippen molar-refractivity contribution in [3.63, 3.8) is 0 Å². The molecule has 63 valence electrons. The quantitative estimate of drug-likeness (QED) is 0.715. The average Bonchev–Trinajstić information content (AvgIpc) is 2.17. The van der Waals surface area contributed by atoms with Gasteiger partial charge >= 0.3 is 5.97 Å². The third-order valence-electron chi connectivity index (χ3n) is 1.91. The van der Waals surface area contributed by atoms with Gasteiger partial charge in [0, 0.05) is 0 Å². The average molecular weight is 171 g/mol. The van der Waals surface area contributed by atoms with Gasteiger partial charge in [-0.15, -0.1) is 0 Å². The zero-order valence-corrected chi connectivity index (χ0v) is 6.82. The Bertz CT molecular complexity index is 460. The third kappa shape index (κ3) is 1.38. The van der Waals surface area contributed by atoms with Crippen molar-refractivity contribution in [1.82, 2.24) is 0 Å². The zero-order chi connectivity index (χ0) is 9.26. The van der Waals surface area contributed by atoms with Gasteiger partial charge in [-0.3, -0.25) is 0 Å². The van der Waals surface area contributed by atoms with Crippen molar-refractivity contribution < 1.29 is 9.90 Å². The standard InChI is InChI=1S/C11H7O2/c12-11(13)10-6-5-8-3-1-2-4-9(8)7-10/h1-5,7H,(H,12,13). The Hall–Kier alpha value is -1.83. The van der Waals surface area contributed by atoms with E-state index >= 15 is 0 Å². The van der Waals surface area contributed by atoms with Crippen LogP contribution in [0.3, 0.4) is 0 Å². The number of carbonyl (C=O) groups is 1. The summed E-state index contributed by atoms with van der Waals surface area (Å²) in [5.74, 6) is -0.939. The predicted octanol–water partition coefficient (Wildman–Crippen LogP) is 2.34. The molecular formula is C11H7O2. The maximum Gasteiger partial charge on any atom is 0.336 e. The van der Waals surface area contributed by atoms with Crippen LogP contribution in [0.15, 0.2) is 36.4 Å². The minimum absolute atomic E-state index is 0.207. The highest BCUT2D eigenvalue weighted by atomic mass is 16.4. The summed E-state index contributed by atoms with van der Waals surface area (Å²) in [5, 5.41) is 10.6. The van der Waals surface area contributed by atoms with Crippen molar-refractivity contribution >= 4 is 16.7 Å². The summed E-state index contributed by atoms with van der Waals surface area (Å²) >= 11 is 0.